The van der Waals surface area contributed by atoms with Crippen molar-refractivity contribution in [3.05, 3.63) is 0 Å². The molecule has 2 radical (unpaired) electrons. The van der Waals surface area contributed by atoms with Gasteiger partial charge in [-0.2, -0.15) is 0 Å². The van der Waals surface area contributed by atoms with Gasteiger partial charge in [-0.05, 0) is 0 Å². The number of aliphatic carboxylic acids is 6. The Morgan fingerprint density at radius 1 is 0.385 bits per heavy atom. The van der Waals surface area contributed by atoms with Gasteiger partial charge in [0.25, 0.3) is 35.8 Å². The molecule has 14 heteroatoms. The molecule has 0 rings (SSSR count). The molecule has 0 aromatic carbocycles. The Morgan fingerprint density at radius 2 is 0.385 bits per heavy atom. The molecule has 0 atom stereocenters. The van der Waals surface area contributed by atoms with E-state index in [4.69, 9.17) is 59.4 Å². The Balaban J connectivity index is -0.0000000245. The molecule has 0 saturated carbocycles. The van der Waals surface area contributed by atoms with Crippen LogP contribution in [-0.2, 0) is 61.5 Å². The molecule has 0 aliphatic carbocycles. The number of carbonyl (C=O) groups is 6. The maximum atomic E-state index is 9.00. The van der Waals surface area contributed by atoms with Gasteiger partial charge in [0.2, 0.25) is 0 Å². The first-order chi connectivity index (χ1) is 10.4. The summed E-state index contributed by atoms with van der Waals surface area (Å²) in [7, 11) is 0. The Labute approximate surface area is 206 Å². The monoisotopic (exact) mass is 608 g/mol. The van der Waals surface area contributed by atoms with Gasteiger partial charge in [0.1, 0.15) is 0 Å². The van der Waals surface area contributed by atoms with Crippen LogP contribution in [0.15, 0.2) is 0 Å². The second kappa shape index (κ2) is 44.0. The summed E-state index contributed by atoms with van der Waals surface area (Å²) in [6.07, 6.45) is 0. The first-order valence-corrected chi connectivity index (χ1v) is 5.57. The fourth-order valence-corrected chi connectivity index (χ4v) is 0. The second-order valence-corrected chi connectivity index (χ2v) is 3.11. The second-order valence-electron chi connectivity index (χ2n) is 3.11. The molecule has 0 aliphatic rings. The summed E-state index contributed by atoms with van der Waals surface area (Å²) in [6, 6.07) is 0. The Kier molecular flexibility index (Phi) is 84.5. The van der Waals surface area contributed by atoms with E-state index in [2.05, 4.69) is 0 Å². The van der Waals surface area contributed by atoms with E-state index < -0.39 is 35.8 Å². The molecule has 0 amide bonds. The predicted octanol–water partition coefficient (Wildman–Crippen LogP) is 0.543. The Bertz CT molecular complexity index is 267. The third-order valence-corrected chi connectivity index (χ3v) is 0. The van der Waals surface area contributed by atoms with Crippen LogP contribution in [0, 0.1) is 38.6 Å². The number of carboxylic acids is 6. The van der Waals surface area contributed by atoms with Crippen LogP contribution in [0.25, 0.3) is 0 Å². The van der Waals surface area contributed by atoms with Gasteiger partial charge in [-0.15, -0.1) is 0 Å². The van der Waals surface area contributed by atoms with Crippen LogP contribution in [0.2, 0.25) is 0 Å². The summed E-state index contributed by atoms with van der Waals surface area (Å²) < 4.78 is 0. The van der Waals surface area contributed by atoms with Crippen molar-refractivity contribution in [2.24, 2.45) is 0 Å². The SMILES string of the molecule is CC(=O)O.CC(=O)O.CC(=O)O.CC(=O)O.CC(=O)O.CC(=O)O.[Tb].[Y]. The molecule has 0 saturated heterocycles. The average Bonchev–Trinajstić information content (AvgIpc) is 2.08. The molecule has 26 heavy (non-hydrogen) atoms. The van der Waals surface area contributed by atoms with E-state index in [1.165, 1.54) is 0 Å². The number of hydrogen-bond donors (Lipinski definition) is 6. The van der Waals surface area contributed by atoms with Crippen molar-refractivity contribution in [3.8, 4) is 0 Å². The van der Waals surface area contributed by atoms with Crippen LogP contribution in [0.3, 0.4) is 0 Å². The van der Waals surface area contributed by atoms with E-state index >= 15 is 0 Å². The third kappa shape index (κ3) is 18300. The molecule has 0 aliphatic heterocycles. The topological polar surface area (TPSA) is 224 Å². The van der Waals surface area contributed by atoms with Gasteiger partial charge in [-0.25, -0.2) is 0 Å². The normalized spacial score (nSPS) is 5.77. The fraction of sp³-hybridized carbons (Fsp3) is 0.500. The summed E-state index contributed by atoms with van der Waals surface area (Å²) in [6.45, 7) is 6.50. The predicted molar refractivity (Wildman–Crippen MR) is 79.9 cm³/mol. The van der Waals surface area contributed by atoms with Crippen molar-refractivity contribution in [3.63, 3.8) is 0 Å². The molecule has 0 bridgehead atoms. The van der Waals surface area contributed by atoms with Crippen molar-refractivity contribution < 1.29 is 131 Å². The van der Waals surface area contributed by atoms with Crippen LogP contribution < -0.4 is 0 Å². The molecular weight excluding hydrogens is 584 g/mol. The molecule has 156 valence electrons. The minimum atomic E-state index is -0.833. The van der Waals surface area contributed by atoms with Crippen LogP contribution in [0.4, 0.5) is 0 Å². The number of rotatable bonds is 0. The fourth-order valence-electron chi connectivity index (χ4n) is 0. The molecule has 0 aromatic rings. The van der Waals surface area contributed by atoms with E-state index in [9.17, 15) is 0 Å². The molecule has 0 heterocycles. The molecule has 0 aromatic heterocycles. The van der Waals surface area contributed by atoms with E-state index in [1.807, 2.05) is 0 Å². The van der Waals surface area contributed by atoms with Crippen LogP contribution in [0.1, 0.15) is 41.5 Å². The summed E-state index contributed by atoms with van der Waals surface area (Å²) in [5, 5.41) is 44.5. The minimum absolute atomic E-state index is 0. The maximum absolute atomic E-state index is 9.00. The van der Waals surface area contributed by atoms with Gasteiger partial charge in [-0.3, -0.25) is 28.8 Å². The zero-order chi connectivity index (χ0) is 21.5. The average molecular weight is 608 g/mol. The van der Waals surface area contributed by atoms with E-state index in [-0.39, 0.29) is 71.3 Å². The van der Waals surface area contributed by atoms with Gasteiger partial charge in [0.05, 0.1) is 0 Å². The van der Waals surface area contributed by atoms with Gasteiger partial charge in [0.15, 0.2) is 0 Å². The first kappa shape index (κ1) is 49.9. The van der Waals surface area contributed by atoms with Gasteiger partial charge < -0.3 is 30.6 Å². The van der Waals surface area contributed by atoms with Crippen LogP contribution in [0.5, 0.6) is 0 Å². The third-order valence-electron chi connectivity index (χ3n) is 0. The largest absolute Gasteiger partial charge is 0.481 e. The van der Waals surface area contributed by atoms with Gasteiger partial charge in [0, 0.05) is 113 Å². The van der Waals surface area contributed by atoms with Crippen molar-refractivity contribution >= 4 is 35.8 Å². The molecular formula is C12H24O12TbY. The number of carboxylic acid groups (broad SMARTS) is 6. The van der Waals surface area contributed by atoms with Crippen molar-refractivity contribution in [1.82, 2.24) is 0 Å². The van der Waals surface area contributed by atoms with Crippen LogP contribution in [-0.4, -0.2) is 66.5 Å². The zero-order valence-corrected chi connectivity index (χ0v) is 20.0. The maximum Gasteiger partial charge on any atom is 0.300 e. The number of hydrogen-bond acceptors (Lipinski definition) is 6. The summed E-state index contributed by atoms with van der Waals surface area (Å²) in [4.78, 5) is 54.0. The molecule has 6 N–H and O–H groups in total. The van der Waals surface area contributed by atoms with Gasteiger partial charge >= 0.3 is 0 Å². The molecule has 0 unspecified atom stereocenters. The van der Waals surface area contributed by atoms with Crippen molar-refractivity contribution in [1.29, 1.82) is 0 Å². The summed E-state index contributed by atoms with van der Waals surface area (Å²) in [5.74, 6) is -5.00. The zero-order valence-electron chi connectivity index (χ0n) is 15.0. The van der Waals surface area contributed by atoms with Crippen molar-refractivity contribution in [2.45, 2.75) is 41.5 Å². The minimum Gasteiger partial charge on any atom is -0.481 e. The van der Waals surface area contributed by atoms with E-state index in [0.29, 0.717) is 0 Å². The van der Waals surface area contributed by atoms with E-state index in [1.54, 1.807) is 0 Å². The van der Waals surface area contributed by atoms with Crippen molar-refractivity contribution in [2.75, 3.05) is 0 Å². The summed E-state index contributed by atoms with van der Waals surface area (Å²) in [5.41, 5.74) is 0. The quantitative estimate of drug-likeness (QED) is 0.222. The molecule has 0 spiro atoms. The summed E-state index contributed by atoms with van der Waals surface area (Å²) >= 11 is 0. The van der Waals surface area contributed by atoms with Crippen LogP contribution >= 0.6 is 0 Å². The molecule has 0 fully saturated rings. The Morgan fingerprint density at radius 3 is 0.385 bits per heavy atom. The van der Waals surface area contributed by atoms with Gasteiger partial charge in [-0.1, -0.05) is 0 Å². The standard InChI is InChI=1S/6C2H4O2.Tb.Y/c6*1-2(3)4;;/h6*1H3,(H,3,4);;. The smallest absolute Gasteiger partial charge is 0.300 e. The van der Waals surface area contributed by atoms with E-state index in [0.717, 1.165) is 41.5 Å². The first-order valence-electron chi connectivity index (χ1n) is 5.57. The Hall–Kier alpha value is -0.790. The molecule has 12 nitrogen and oxygen atoms in total.